The van der Waals surface area contributed by atoms with E-state index in [1.807, 2.05) is 18.2 Å². The summed E-state index contributed by atoms with van der Waals surface area (Å²) in [5.74, 6) is 0.611. The predicted octanol–water partition coefficient (Wildman–Crippen LogP) is 1.55. The number of anilines is 1. The van der Waals surface area contributed by atoms with Crippen molar-refractivity contribution in [2.45, 2.75) is 12.5 Å². The molecule has 5 rings (SSSR count). The first-order chi connectivity index (χ1) is 13.4. The van der Waals surface area contributed by atoms with E-state index in [4.69, 9.17) is 15.6 Å². The second kappa shape index (κ2) is 6.85. The third-order valence-electron chi connectivity index (χ3n) is 5.91. The van der Waals surface area contributed by atoms with Gasteiger partial charge in [-0.15, -0.1) is 12.4 Å². The van der Waals surface area contributed by atoms with Crippen molar-refractivity contribution in [2.75, 3.05) is 24.6 Å². The Morgan fingerprint density at radius 3 is 2.72 bits per heavy atom. The van der Waals surface area contributed by atoms with Crippen molar-refractivity contribution in [1.29, 1.82) is 0 Å². The van der Waals surface area contributed by atoms with Crippen LogP contribution in [0, 0.1) is 11.8 Å². The highest BCUT2D eigenvalue weighted by atomic mass is 35.5. The highest BCUT2D eigenvalue weighted by molar-refractivity contribution is 5.85. The molecule has 1 saturated heterocycles. The molecular formula is C19H20ClN3O6. The minimum Gasteiger partial charge on any atom is -0.504 e. The number of piperidine rings is 1. The number of aromatic amines is 1. The van der Waals surface area contributed by atoms with Gasteiger partial charge in [0.1, 0.15) is 5.75 Å². The third kappa shape index (κ3) is 3.06. The molecule has 3 aliphatic rings. The number of hydrogen-bond acceptors (Lipinski definition) is 7. The molecule has 10 heteroatoms. The van der Waals surface area contributed by atoms with Crippen LogP contribution in [0.2, 0.25) is 0 Å². The number of ether oxygens (including phenoxy) is 2. The normalized spacial score (nSPS) is 23.6. The lowest BCUT2D eigenvalue weighted by molar-refractivity contribution is 0.142. The van der Waals surface area contributed by atoms with Gasteiger partial charge in [0.15, 0.2) is 5.75 Å². The zero-order chi connectivity index (χ0) is 19.6. The lowest BCUT2D eigenvalue weighted by Crippen LogP contribution is -2.27. The standard InChI is InChI=1S/C19H19N3O6.ClH/c20-14-11-6-22(7-12(11)14)8-1-2-9-13(5-8)27-4-3-10-15(9)21-18(24)17(16(10)23)28-19(25)26;/h1-2,5,11-12,14H,3-4,6-7,20H2,(H,25,26)(H2,21,23,24);1H/t11-,12+,14+;. The van der Waals surface area contributed by atoms with Gasteiger partial charge in [-0.05, 0) is 24.0 Å². The number of H-pyrrole nitrogens is 1. The summed E-state index contributed by atoms with van der Waals surface area (Å²) in [6.07, 6.45) is -1.38. The summed E-state index contributed by atoms with van der Waals surface area (Å²) in [5.41, 5.74) is 7.65. The van der Waals surface area contributed by atoms with Crippen LogP contribution >= 0.6 is 12.4 Å². The third-order valence-corrected chi connectivity index (χ3v) is 5.91. The van der Waals surface area contributed by atoms with E-state index in [2.05, 4.69) is 14.6 Å². The van der Waals surface area contributed by atoms with Crippen LogP contribution in [0.3, 0.4) is 0 Å². The van der Waals surface area contributed by atoms with Crippen molar-refractivity contribution >= 4 is 24.2 Å². The number of nitrogens with one attached hydrogen (secondary N) is 1. The van der Waals surface area contributed by atoms with Gasteiger partial charge >= 0.3 is 6.16 Å². The van der Waals surface area contributed by atoms with Gasteiger partial charge < -0.3 is 35.3 Å². The molecule has 0 bridgehead atoms. The Labute approximate surface area is 171 Å². The van der Waals surface area contributed by atoms with Crippen molar-refractivity contribution in [1.82, 2.24) is 4.98 Å². The number of carbonyl (C=O) groups is 1. The number of hydrogen-bond donors (Lipinski definition) is 4. The van der Waals surface area contributed by atoms with Crippen LogP contribution < -0.4 is 25.7 Å². The van der Waals surface area contributed by atoms with E-state index in [1.54, 1.807) is 0 Å². The second-order valence-electron chi connectivity index (χ2n) is 7.44. The molecule has 2 aromatic rings. The zero-order valence-corrected chi connectivity index (χ0v) is 16.1. The fraction of sp³-hybridized carbons (Fsp3) is 0.368. The summed E-state index contributed by atoms with van der Waals surface area (Å²) in [6, 6.07) is 6.03. The van der Waals surface area contributed by atoms with Gasteiger partial charge in [0.05, 0.1) is 12.3 Å². The molecule has 1 aromatic carbocycles. The van der Waals surface area contributed by atoms with Crippen molar-refractivity contribution < 1.29 is 24.5 Å². The molecule has 154 valence electrons. The van der Waals surface area contributed by atoms with E-state index in [-0.39, 0.29) is 19.0 Å². The summed E-state index contributed by atoms with van der Waals surface area (Å²) < 4.78 is 10.3. The molecule has 2 fully saturated rings. The number of fused-ring (bicyclic) bond motifs is 4. The highest BCUT2D eigenvalue weighted by Gasteiger charge is 2.53. The van der Waals surface area contributed by atoms with Crippen LogP contribution in [0.4, 0.5) is 10.5 Å². The van der Waals surface area contributed by atoms with Crippen LogP contribution in [-0.4, -0.2) is 47.1 Å². The maximum Gasteiger partial charge on any atom is 0.511 e. The minimum atomic E-state index is -1.67. The Kier molecular flexibility index (Phi) is 4.59. The van der Waals surface area contributed by atoms with Crippen LogP contribution in [0.5, 0.6) is 17.2 Å². The fourth-order valence-corrected chi connectivity index (χ4v) is 4.34. The predicted molar refractivity (Wildman–Crippen MR) is 106 cm³/mol. The molecule has 3 atom stereocenters. The highest BCUT2D eigenvalue weighted by Crippen LogP contribution is 2.47. The zero-order valence-electron chi connectivity index (χ0n) is 15.3. The molecule has 9 nitrogen and oxygen atoms in total. The molecule has 0 unspecified atom stereocenters. The average Bonchev–Trinajstić information content (AvgIpc) is 3.09. The maximum absolute atomic E-state index is 12.3. The number of pyridine rings is 1. The number of nitrogens with two attached hydrogens (primary N) is 1. The first kappa shape index (κ1) is 19.4. The quantitative estimate of drug-likeness (QED) is 0.536. The number of nitrogens with zero attached hydrogens (tertiary/aromatic N) is 1. The number of halogens is 1. The Hall–Kier alpha value is -2.91. The van der Waals surface area contributed by atoms with E-state index < -0.39 is 23.2 Å². The topological polar surface area (TPSA) is 138 Å². The Balaban J connectivity index is 0.00000205. The summed E-state index contributed by atoms with van der Waals surface area (Å²) in [6.45, 7) is 2.12. The Bertz CT molecular complexity index is 1040. The first-order valence-corrected chi connectivity index (χ1v) is 9.10. The van der Waals surface area contributed by atoms with E-state index in [0.29, 0.717) is 46.9 Å². The summed E-state index contributed by atoms with van der Waals surface area (Å²) in [4.78, 5) is 28.0. The Morgan fingerprint density at radius 2 is 2.03 bits per heavy atom. The fourth-order valence-electron chi connectivity index (χ4n) is 4.34. The summed E-state index contributed by atoms with van der Waals surface area (Å²) in [7, 11) is 0. The molecule has 0 amide bonds. The van der Waals surface area contributed by atoms with Gasteiger partial charge in [0.25, 0.3) is 5.56 Å². The second-order valence-corrected chi connectivity index (χ2v) is 7.44. The number of rotatable bonds is 2. The van der Waals surface area contributed by atoms with Crippen LogP contribution in [-0.2, 0) is 6.42 Å². The number of benzene rings is 1. The van der Waals surface area contributed by atoms with Gasteiger partial charge in [-0.25, -0.2) is 4.79 Å². The molecule has 0 radical (unpaired) electrons. The van der Waals surface area contributed by atoms with Crippen molar-refractivity contribution in [3.63, 3.8) is 0 Å². The van der Waals surface area contributed by atoms with Crippen molar-refractivity contribution in [3.8, 4) is 28.5 Å². The molecule has 29 heavy (non-hydrogen) atoms. The largest absolute Gasteiger partial charge is 0.511 e. The molecule has 1 aliphatic carbocycles. The molecule has 0 spiro atoms. The average molecular weight is 422 g/mol. The number of aromatic hydroxyl groups is 1. The van der Waals surface area contributed by atoms with Crippen LogP contribution in [0.25, 0.3) is 11.3 Å². The lowest BCUT2D eigenvalue weighted by atomic mass is 10.0. The van der Waals surface area contributed by atoms with Gasteiger partial charge in [-0.1, -0.05) is 0 Å². The van der Waals surface area contributed by atoms with Gasteiger partial charge in [-0.3, -0.25) is 4.79 Å². The van der Waals surface area contributed by atoms with Gasteiger partial charge in [-0.2, -0.15) is 0 Å². The SMILES string of the molecule is Cl.N[C@@H]1[C@H]2CN(c3ccc4c(c3)OCCc3c-4[nH]c(=O)c(OC(=O)O)c3O)C[C@@H]12. The summed E-state index contributed by atoms with van der Waals surface area (Å²) in [5, 5.41) is 19.2. The molecular weight excluding hydrogens is 402 g/mol. The molecule has 1 aromatic heterocycles. The lowest BCUT2D eigenvalue weighted by Gasteiger charge is -2.22. The molecule has 3 heterocycles. The van der Waals surface area contributed by atoms with Gasteiger partial charge in [0, 0.05) is 48.4 Å². The van der Waals surface area contributed by atoms with Crippen molar-refractivity contribution in [3.05, 3.63) is 34.1 Å². The molecule has 2 aliphatic heterocycles. The molecule has 1 saturated carbocycles. The smallest absolute Gasteiger partial charge is 0.504 e. The minimum absolute atomic E-state index is 0. The van der Waals surface area contributed by atoms with Crippen LogP contribution in [0.1, 0.15) is 5.56 Å². The van der Waals surface area contributed by atoms with E-state index >= 15 is 0 Å². The van der Waals surface area contributed by atoms with E-state index in [0.717, 1.165) is 18.8 Å². The Morgan fingerprint density at radius 1 is 1.31 bits per heavy atom. The number of carboxylic acid groups (broad SMARTS) is 1. The maximum atomic E-state index is 12.3. The molecule has 5 N–H and O–H groups in total. The number of aromatic nitrogens is 1. The van der Waals surface area contributed by atoms with Gasteiger partial charge in [0.2, 0.25) is 5.75 Å². The van der Waals surface area contributed by atoms with Crippen LogP contribution in [0.15, 0.2) is 23.0 Å². The first-order valence-electron chi connectivity index (χ1n) is 9.10. The monoisotopic (exact) mass is 421 g/mol. The van der Waals surface area contributed by atoms with Crippen molar-refractivity contribution in [2.24, 2.45) is 17.6 Å². The summed E-state index contributed by atoms with van der Waals surface area (Å²) >= 11 is 0. The van der Waals surface area contributed by atoms with E-state index in [9.17, 15) is 14.7 Å². The van der Waals surface area contributed by atoms with E-state index in [1.165, 1.54) is 0 Å².